The number of hydrogen-bond donors (Lipinski definition) is 2. The van der Waals surface area contributed by atoms with Gasteiger partial charge in [-0.1, -0.05) is 23.5 Å². The zero-order chi connectivity index (χ0) is 26.4. The van der Waals surface area contributed by atoms with E-state index in [4.69, 9.17) is 14.2 Å². The van der Waals surface area contributed by atoms with E-state index < -0.39 is 17.7 Å². The number of phenolic OH excluding ortho intramolecular Hbond substituents is 1. The number of thiazole rings is 1. The number of ketones is 1. The molecule has 1 saturated heterocycles. The highest BCUT2D eigenvalue weighted by Crippen LogP contribution is 2.45. The molecule has 1 amide bonds. The van der Waals surface area contributed by atoms with Gasteiger partial charge in [0.2, 0.25) is 0 Å². The highest BCUT2D eigenvalue weighted by Gasteiger charge is 2.48. The molecule has 1 unspecified atom stereocenters. The van der Waals surface area contributed by atoms with E-state index in [0.717, 1.165) is 4.70 Å². The lowest BCUT2D eigenvalue weighted by Crippen LogP contribution is -2.29. The summed E-state index contributed by atoms with van der Waals surface area (Å²) in [4.78, 5) is 32.8. The van der Waals surface area contributed by atoms with E-state index in [-0.39, 0.29) is 22.2 Å². The zero-order valence-corrected chi connectivity index (χ0v) is 21.0. The second kappa shape index (κ2) is 9.38. The average Bonchev–Trinajstić information content (AvgIpc) is 3.46. The fourth-order valence-corrected chi connectivity index (χ4v) is 5.66. The molecule has 1 fully saturated rings. The van der Waals surface area contributed by atoms with Gasteiger partial charge < -0.3 is 24.4 Å². The molecule has 0 spiro atoms. The summed E-state index contributed by atoms with van der Waals surface area (Å²) < 4.78 is 17.5. The Morgan fingerprint density at radius 2 is 1.89 bits per heavy atom. The van der Waals surface area contributed by atoms with E-state index in [0.29, 0.717) is 53.7 Å². The lowest BCUT2D eigenvalue weighted by molar-refractivity contribution is -0.132. The molecule has 3 heterocycles. The van der Waals surface area contributed by atoms with Crippen molar-refractivity contribution < 1.29 is 34.0 Å². The highest BCUT2D eigenvalue weighted by atomic mass is 32.1. The quantitative estimate of drug-likeness (QED) is 0.215. The minimum atomic E-state index is -1.03. The van der Waals surface area contributed by atoms with E-state index in [9.17, 15) is 19.8 Å². The monoisotopic (exact) mass is 530 g/mol. The predicted octanol–water partition coefficient (Wildman–Crippen LogP) is 4.80. The first-order valence-electron chi connectivity index (χ1n) is 12.0. The Labute approximate surface area is 221 Å². The topological polar surface area (TPSA) is 118 Å². The maximum Gasteiger partial charge on any atom is 0.301 e. The van der Waals surface area contributed by atoms with Gasteiger partial charge >= 0.3 is 5.91 Å². The van der Waals surface area contributed by atoms with E-state index in [1.54, 1.807) is 42.5 Å². The molecule has 3 aromatic carbocycles. The number of Topliss-reactive ketones (excluding diaryl/α,β-unsaturated/α-hetero) is 1. The molecule has 0 bridgehead atoms. The molecular weight excluding hydrogens is 508 g/mol. The number of hydrogen-bond acceptors (Lipinski definition) is 9. The maximum absolute atomic E-state index is 13.5. The summed E-state index contributed by atoms with van der Waals surface area (Å²) in [6, 6.07) is 15.4. The van der Waals surface area contributed by atoms with Crippen LogP contribution in [-0.2, 0) is 9.59 Å². The second-order valence-corrected chi connectivity index (χ2v) is 9.69. The van der Waals surface area contributed by atoms with Crippen molar-refractivity contribution in [1.29, 1.82) is 0 Å². The second-order valence-electron chi connectivity index (χ2n) is 8.68. The van der Waals surface area contributed by atoms with E-state index in [2.05, 4.69) is 4.98 Å². The number of fused-ring (bicyclic) bond motifs is 2. The van der Waals surface area contributed by atoms with Crippen LogP contribution in [0.15, 0.2) is 66.2 Å². The average molecular weight is 531 g/mol. The molecule has 4 aromatic rings. The Bertz CT molecular complexity index is 1630. The molecule has 192 valence electrons. The molecule has 2 aliphatic heterocycles. The molecule has 1 atom stereocenters. The lowest BCUT2D eigenvalue weighted by atomic mass is 9.95. The molecule has 2 aliphatic rings. The maximum atomic E-state index is 13.5. The number of carbonyl (C=O) groups excluding carboxylic acids is 2. The normalized spacial score (nSPS) is 18.2. The standard InChI is InChI=1S/C28H22N2O7S/c1-2-35-18-7-8-19-22(14-18)38-28(29-19)30-24(15-4-3-5-17(31)12-15)23(26(33)27(30)34)25(32)16-6-9-20-21(13-16)37-11-10-36-20/h3-9,12-14,24,31-32H,2,10-11H2,1H3/b25-23+. The highest BCUT2D eigenvalue weighted by molar-refractivity contribution is 7.22. The van der Waals surface area contributed by atoms with Crippen LogP contribution in [0.2, 0.25) is 0 Å². The van der Waals surface area contributed by atoms with Crippen molar-refractivity contribution >= 4 is 44.1 Å². The number of aromatic hydroxyl groups is 1. The van der Waals surface area contributed by atoms with Gasteiger partial charge in [-0.3, -0.25) is 14.5 Å². The van der Waals surface area contributed by atoms with Crippen LogP contribution in [0.25, 0.3) is 16.0 Å². The molecular formula is C28H22N2O7S. The Kier molecular flexibility index (Phi) is 5.88. The van der Waals surface area contributed by atoms with Crippen molar-refractivity contribution in [2.75, 3.05) is 24.7 Å². The zero-order valence-electron chi connectivity index (χ0n) is 20.2. The van der Waals surface area contributed by atoms with Crippen molar-refractivity contribution in [3.63, 3.8) is 0 Å². The molecule has 1 aromatic heterocycles. The van der Waals surface area contributed by atoms with Gasteiger partial charge in [-0.2, -0.15) is 0 Å². The fraction of sp³-hybridized carbons (Fsp3) is 0.179. The number of nitrogens with zero attached hydrogens (tertiary/aromatic N) is 2. The van der Waals surface area contributed by atoms with Crippen molar-refractivity contribution in [1.82, 2.24) is 4.98 Å². The third-order valence-electron chi connectivity index (χ3n) is 6.31. The number of benzene rings is 3. The summed E-state index contributed by atoms with van der Waals surface area (Å²) in [6.07, 6.45) is 0. The van der Waals surface area contributed by atoms with Crippen molar-refractivity contribution in [2.45, 2.75) is 13.0 Å². The van der Waals surface area contributed by atoms with Crippen molar-refractivity contribution in [3.8, 4) is 23.0 Å². The lowest BCUT2D eigenvalue weighted by Gasteiger charge is -2.23. The Hall–Kier alpha value is -4.57. The van der Waals surface area contributed by atoms with Crippen LogP contribution in [0.4, 0.5) is 5.13 Å². The number of aliphatic hydroxyl groups is 1. The van der Waals surface area contributed by atoms with E-state index >= 15 is 0 Å². The molecule has 2 N–H and O–H groups in total. The SMILES string of the molecule is CCOc1ccc2nc(N3C(=O)C(=O)/C(=C(/O)c4ccc5c(c4)OCCO5)C3c3cccc(O)c3)sc2c1. The van der Waals surface area contributed by atoms with Crippen LogP contribution < -0.4 is 19.1 Å². The van der Waals surface area contributed by atoms with Crippen molar-refractivity contribution in [3.05, 3.63) is 77.4 Å². The summed E-state index contributed by atoms with van der Waals surface area (Å²) >= 11 is 1.23. The van der Waals surface area contributed by atoms with Crippen LogP contribution in [0.1, 0.15) is 24.1 Å². The van der Waals surface area contributed by atoms with Crippen LogP contribution in [0.3, 0.4) is 0 Å². The summed E-state index contributed by atoms with van der Waals surface area (Å²) in [5.41, 5.74) is 1.25. The molecule has 38 heavy (non-hydrogen) atoms. The number of amides is 1. The molecule has 0 aliphatic carbocycles. The molecule has 10 heteroatoms. The van der Waals surface area contributed by atoms with Gasteiger partial charge in [0.1, 0.15) is 30.5 Å². The van der Waals surface area contributed by atoms with Gasteiger partial charge in [-0.25, -0.2) is 4.98 Å². The summed E-state index contributed by atoms with van der Waals surface area (Å²) in [6.45, 7) is 3.16. The van der Waals surface area contributed by atoms with Gasteiger partial charge in [-0.15, -0.1) is 0 Å². The molecule has 9 nitrogen and oxygen atoms in total. The van der Waals surface area contributed by atoms with Gasteiger partial charge in [0, 0.05) is 5.56 Å². The third kappa shape index (κ3) is 3.99. The number of anilines is 1. The number of aliphatic hydroxyl groups excluding tert-OH is 1. The summed E-state index contributed by atoms with van der Waals surface area (Å²) in [7, 11) is 0. The number of phenols is 1. The smallest absolute Gasteiger partial charge is 0.301 e. The molecule has 0 saturated carbocycles. The summed E-state index contributed by atoms with van der Waals surface area (Å²) in [5, 5.41) is 21.9. The predicted molar refractivity (Wildman–Crippen MR) is 141 cm³/mol. The van der Waals surface area contributed by atoms with Crippen LogP contribution in [0, 0.1) is 0 Å². The minimum Gasteiger partial charge on any atom is -0.508 e. The number of rotatable bonds is 5. The van der Waals surface area contributed by atoms with Gasteiger partial charge in [0.25, 0.3) is 5.78 Å². The van der Waals surface area contributed by atoms with Crippen molar-refractivity contribution in [2.24, 2.45) is 0 Å². The Morgan fingerprint density at radius 3 is 2.68 bits per heavy atom. The van der Waals surface area contributed by atoms with Crippen LogP contribution >= 0.6 is 11.3 Å². The molecule has 6 rings (SSSR count). The summed E-state index contributed by atoms with van der Waals surface area (Å²) in [5.74, 6) is -0.478. The first-order chi connectivity index (χ1) is 18.4. The molecule has 0 radical (unpaired) electrons. The van der Waals surface area contributed by atoms with Gasteiger partial charge in [0.15, 0.2) is 16.6 Å². The number of ether oxygens (including phenoxy) is 3. The Morgan fingerprint density at radius 1 is 1.08 bits per heavy atom. The Balaban J connectivity index is 1.51. The first-order valence-corrected chi connectivity index (χ1v) is 12.8. The van der Waals surface area contributed by atoms with Crippen LogP contribution in [0.5, 0.6) is 23.0 Å². The van der Waals surface area contributed by atoms with Gasteiger partial charge in [0.05, 0.1) is 28.4 Å². The fourth-order valence-electron chi connectivity index (χ4n) is 4.64. The van der Waals surface area contributed by atoms with E-state index in [1.165, 1.54) is 28.4 Å². The van der Waals surface area contributed by atoms with Gasteiger partial charge in [-0.05, 0) is 61.0 Å². The largest absolute Gasteiger partial charge is 0.508 e. The minimum absolute atomic E-state index is 0.0435. The third-order valence-corrected chi connectivity index (χ3v) is 7.33. The number of aromatic nitrogens is 1. The van der Waals surface area contributed by atoms with Crippen LogP contribution in [-0.4, -0.2) is 46.7 Å². The first kappa shape index (κ1) is 23.8. The number of carbonyl (C=O) groups is 2. The van der Waals surface area contributed by atoms with E-state index in [1.807, 2.05) is 13.0 Å².